The van der Waals surface area contributed by atoms with Crippen LogP contribution in [0.4, 0.5) is 4.79 Å². The fraction of sp³-hybridized carbons (Fsp3) is 0.769. The Bertz CT molecular complexity index is 399. The van der Waals surface area contributed by atoms with Crippen LogP contribution in [0.15, 0.2) is 0 Å². The second-order valence-electron chi connectivity index (χ2n) is 5.25. The number of methoxy groups -OCH3 is 1. The van der Waals surface area contributed by atoms with E-state index in [0.717, 1.165) is 6.42 Å². The number of aliphatic hydroxyl groups excluding tert-OH is 1. The molecule has 8 nitrogen and oxygen atoms in total. The summed E-state index contributed by atoms with van der Waals surface area (Å²) in [5, 5.41) is 11.9. The average molecular weight is 301 g/mol. The molecule has 0 aromatic carbocycles. The molecule has 0 aromatic heterocycles. The quantitative estimate of drug-likeness (QED) is 0.651. The van der Waals surface area contributed by atoms with Crippen LogP contribution in [0.3, 0.4) is 0 Å². The summed E-state index contributed by atoms with van der Waals surface area (Å²) in [4.78, 5) is 38.0. The van der Waals surface area contributed by atoms with Gasteiger partial charge in [0.1, 0.15) is 0 Å². The molecule has 1 saturated heterocycles. The molecule has 21 heavy (non-hydrogen) atoms. The van der Waals surface area contributed by atoms with Gasteiger partial charge in [-0.1, -0.05) is 0 Å². The van der Waals surface area contributed by atoms with Gasteiger partial charge < -0.3 is 25.0 Å². The van der Waals surface area contributed by atoms with Crippen LogP contribution < -0.4 is 5.32 Å². The third kappa shape index (κ3) is 4.89. The van der Waals surface area contributed by atoms with Gasteiger partial charge in [-0.05, 0) is 12.8 Å². The lowest BCUT2D eigenvalue weighted by Crippen LogP contribution is -2.49. The summed E-state index contributed by atoms with van der Waals surface area (Å²) in [6.45, 7) is 0.784. The molecule has 0 saturated carbocycles. The third-order valence-electron chi connectivity index (χ3n) is 3.39. The Hall–Kier alpha value is -1.83. The Balaban J connectivity index is 2.47. The van der Waals surface area contributed by atoms with Crippen LogP contribution in [0.1, 0.15) is 12.8 Å². The Kier molecular flexibility index (Phi) is 6.41. The van der Waals surface area contributed by atoms with Gasteiger partial charge in [0, 0.05) is 27.2 Å². The number of nitrogens with one attached hydrogen (secondary N) is 1. The molecule has 0 radical (unpaired) electrons. The number of ether oxygens (including phenoxy) is 1. The minimum atomic E-state index is -1.37. The number of rotatable bonds is 4. The van der Waals surface area contributed by atoms with Crippen molar-refractivity contribution in [3.05, 3.63) is 0 Å². The molecular formula is C13H23N3O5. The fourth-order valence-corrected chi connectivity index (χ4v) is 2.21. The van der Waals surface area contributed by atoms with E-state index in [9.17, 15) is 19.5 Å². The molecule has 2 N–H and O–H groups in total. The highest BCUT2D eigenvalue weighted by atomic mass is 16.5. The molecule has 120 valence electrons. The zero-order valence-corrected chi connectivity index (χ0v) is 12.7. The Morgan fingerprint density at radius 2 is 2.10 bits per heavy atom. The van der Waals surface area contributed by atoms with Gasteiger partial charge in [-0.3, -0.25) is 4.79 Å². The molecule has 1 rings (SSSR count). The van der Waals surface area contributed by atoms with E-state index < -0.39 is 12.1 Å². The Labute approximate surface area is 124 Å². The largest absolute Gasteiger partial charge is 0.467 e. The van der Waals surface area contributed by atoms with Crippen LogP contribution >= 0.6 is 0 Å². The SMILES string of the molecule is COC(=O)C(O)CNC(=O)C1CCCN(C(=O)N(C)C)C1. The van der Waals surface area contributed by atoms with E-state index in [1.165, 1.54) is 12.0 Å². The monoisotopic (exact) mass is 301 g/mol. The molecule has 8 heteroatoms. The summed E-state index contributed by atoms with van der Waals surface area (Å²) in [6.07, 6.45) is 0.0521. The first-order valence-electron chi connectivity index (χ1n) is 6.86. The topological polar surface area (TPSA) is 99.2 Å². The molecule has 1 aliphatic heterocycles. The minimum absolute atomic E-state index is 0.123. The molecule has 1 fully saturated rings. The van der Waals surface area contributed by atoms with E-state index in [4.69, 9.17) is 0 Å². The summed E-state index contributed by atoms with van der Waals surface area (Å²) in [5.41, 5.74) is 0. The van der Waals surface area contributed by atoms with Crippen molar-refractivity contribution in [1.82, 2.24) is 15.1 Å². The summed E-state index contributed by atoms with van der Waals surface area (Å²) in [7, 11) is 4.50. The predicted octanol–water partition coefficient (Wildman–Crippen LogP) is -0.970. The van der Waals surface area contributed by atoms with Gasteiger partial charge in [0.2, 0.25) is 5.91 Å². The second-order valence-corrected chi connectivity index (χ2v) is 5.25. The normalized spacial score (nSPS) is 19.6. The Morgan fingerprint density at radius 3 is 2.67 bits per heavy atom. The molecule has 0 bridgehead atoms. The maximum absolute atomic E-state index is 12.0. The van der Waals surface area contributed by atoms with E-state index in [1.807, 2.05) is 0 Å². The van der Waals surface area contributed by atoms with Crippen molar-refractivity contribution in [2.75, 3.05) is 40.8 Å². The summed E-state index contributed by atoms with van der Waals surface area (Å²) in [5.74, 6) is -1.38. The number of hydrogen-bond donors (Lipinski definition) is 2. The van der Waals surface area contributed by atoms with E-state index in [-0.39, 0.29) is 24.4 Å². The molecule has 1 aliphatic rings. The predicted molar refractivity (Wildman–Crippen MR) is 74.4 cm³/mol. The van der Waals surface area contributed by atoms with Crippen molar-refractivity contribution in [2.24, 2.45) is 5.92 Å². The molecule has 0 aliphatic carbocycles. The number of hydrogen-bond acceptors (Lipinski definition) is 5. The zero-order valence-electron chi connectivity index (χ0n) is 12.7. The first kappa shape index (κ1) is 17.2. The standard InChI is InChI=1S/C13H23N3O5/c1-15(2)13(20)16-6-4-5-9(8-16)11(18)14-7-10(17)12(19)21-3/h9-10,17H,4-8H2,1-3H3,(H,14,18). The van der Waals surface area contributed by atoms with Gasteiger partial charge in [-0.25, -0.2) is 9.59 Å². The molecule has 1 heterocycles. The fourth-order valence-electron chi connectivity index (χ4n) is 2.21. The molecule has 3 amide bonds. The lowest BCUT2D eigenvalue weighted by molar-refractivity contribution is -0.150. The van der Waals surface area contributed by atoms with Crippen molar-refractivity contribution >= 4 is 17.9 Å². The van der Waals surface area contributed by atoms with Crippen LogP contribution in [-0.2, 0) is 14.3 Å². The summed E-state index contributed by atoms with van der Waals surface area (Å²) >= 11 is 0. The number of urea groups is 1. The van der Waals surface area contributed by atoms with Gasteiger partial charge in [-0.2, -0.15) is 0 Å². The van der Waals surface area contributed by atoms with Crippen LogP contribution in [0.2, 0.25) is 0 Å². The van der Waals surface area contributed by atoms with E-state index in [0.29, 0.717) is 19.5 Å². The maximum atomic E-state index is 12.0. The number of aliphatic hydroxyl groups is 1. The molecule has 0 aromatic rings. The van der Waals surface area contributed by atoms with Crippen molar-refractivity contribution in [2.45, 2.75) is 18.9 Å². The van der Waals surface area contributed by atoms with Gasteiger partial charge in [0.25, 0.3) is 0 Å². The first-order valence-corrected chi connectivity index (χ1v) is 6.86. The van der Waals surface area contributed by atoms with Crippen LogP contribution in [0, 0.1) is 5.92 Å². The number of amides is 3. The minimum Gasteiger partial charge on any atom is -0.467 e. The maximum Gasteiger partial charge on any atom is 0.336 e. The molecule has 2 atom stereocenters. The van der Waals surface area contributed by atoms with Crippen molar-refractivity contribution in [1.29, 1.82) is 0 Å². The van der Waals surface area contributed by atoms with E-state index in [2.05, 4.69) is 10.1 Å². The molecule has 2 unspecified atom stereocenters. The van der Waals surface area contributed by atoms with E-state index >= 15 is 0 Å². The number of esters is 1. The van der Waals surface area contributed by atoms with Crippen molar-refractivity contribution in [3.8, 4) is 0 Å². The lowest BCUT2D eigenvalue weighted by atomic mass is 9.97. The zero-order chi connectivity index (χ0) is 16.0. The van der Waals surface area contributed by atoms with Gasteiger partial charge in [0.15, 0.2) is 6.10 Å². The highest BCUT2D eigenvalue weighted by molar-refractivity contribution is 5.82. The average Bonchev–Trinajstić information content (AvgIpc) is 2.50. The van der Waals surface area contributed by atoms with Crippen LogP contribution in [0.5, 0.6) is 0 Å². The summed E-state index contributed by atoms with van der Waals surface area (Å²) in [6, 6.07) is -0.123. The first-order chi connectivity index (χ1) is 9.86. The number of piperidine rings is 1. The number of carbonyl (C=O) groups excluding carboxylic acids is 3. The highest BCUT2D eigenvalue weighted by Gasteiger charge is 2.29. The van der Waals surface area contributed by atoms with Crippen LogP contribution in [0.25, 0.3) is 0 Å². The highest BCUT2D eigenvalue weighted by Crippen LogP contribution is 2.17. The van der Waals surface area contributed by atoms with E-state index in [1.54, 1.807) is 19.0 Å². The third-order valence-corrected chi connectivity index (χ3v) is 3.39. The van der Waals surface area contributed by atoms with Crippen molar-refractivity contribution in [3.63, 3.8) is 0 Å². The lowest BCUT2D eigenvalue weighted by Gasteiger charge is -2.33. The number of likely N-dealkylation sites (tertiary alicyclic amines) is 1. The van der Waals surface area contributed by atoms with Crippen LogP contribution in [-0.4, -0.2) is 79.8 Å². The Morgan fingerprint density at radius 1 is 1.43 bits per heavy atom. The molecular weight excluding hydrogens is 278 g/mol. The second kappa shape index (κ2) is 7.82. The van der Waals surface area contributed by atoms with Crippen molar-refractivity contribution < 1.29 is 24.2 Å². The number of nitrogens with zero attached hydrogens (tertiary/aromatic N) is 2. The number of carbonyl (C=O) groups is 3. The summed E-state index contributed by atoms with van der Waals surface area (Å²) < 4.78 is 4.37. The smallest absolute Gasteiger partial charge is 0.336 e. The molecule has 0 spiro atoms. The van der Waals surface area contributed by atoms with Gasteiger partial charge >= 0.3 is 12.0 Å². The van der Waals surface area contributed by atoms with Gasteiger partial charge in [-0.15, -0.1) is 0 Å². The van der Waals surface area contributed by atoms with Gasteiger partial charge in [0.05, 0.1) is 19.6 Å².